The summed E-state index contributed by atoms with van der Waals surface area (Å²) >= 11 is 0. The lowest BCUT2D eigenvalue weighted by Crippen LogP contribution is -2.39. The van der Waals surface area contributed by atoms with Crippen LogP contribution >= 0.6 is 0 Å². The molecule has 3 aromatic rings. The smallest absolute Gasteiger partial charge is 0.265 e. The van der Waals surface area contributed by atoms with Gasteiger partial charge < -0.3 is 19.7 Å². The molecule has 6 heteroatoms. The average Bonchev–Trinajstić information content (AvgIpc) is 2.83. The molecule has 3 aromatic carbocycles. The fourth-order valence-electron chi connectivity index (χ4n) is 3.70. The molecule has 4 rings (SSSR count). The molecule has 0 fully saturated rings. The molecular weight excluding hydrogens is 416 g/mol. The number of carbonyl (C=O) groups excluding carboxylic acids is 2. The van der Waals surface area contributed by atoms with Gasteiger partial charge in [0.15, 0.2) is 6.61 Å². The van der Waals surface area contributed by atoms with E-state index >= 15 is 0 Å². The fourth-order valence-corrected chi connectivity index (χ4v) is 3.70. The van der Waals surface area contributed by atoms with Gasteiger partial charge in [0.2, 0.25) is 5.91 Å². The van der Waals surface area contributed by atoms with Crippen molar-refractivity contribution in [3.8, 4) is 11.5 Å². The summed E-state index contributed by atoms with van der Waals surface area (Å²) in [5.74, 6) is 1.27. The third-order valence-corrected chi connectivity index (χ3v) is 5.49. The summed E-state index contributed by atoms with van der Waals surface area (Å²) in [7, 11) is 0. The Hall–Kier alpha value is -3.80. The first-order chi connectivity index (χ1) is 16.1. The number of anilines is 2. The SMILES string of the molecule is Cc1ccc(OCCCN2C(=O)COc3ccc(NC(=O)CCc4ccccc4)cc32)cc1. The molecular formula is C27H28N2O4. The number of carbonyl (C=O) groups is 2. The summed E-state index contributed by atoms with van der Waals surface area (Å²) in [5, 5.41) is 2.93. The van der Waals surface area contributed by atoms with Crippen LogP contribution in [0.3, 0.4) is 0 Å². The molecule has 1 aliphatic rings. The Morgan fingerprint density at radius 1 is 1.06 bits per heavy atom. The quantitative estimate of drug-likeness (QED) is 0.483. The number of hydrogen-bond donors (Lipinski definition) is 1. The van der Waals surface area contributed by atoms with E-state index < -0.39 is 0 Å². The van der Waals surface area contributed by atoms with Crippen LogP contribution in [0, 0.1) is 6.92 Å². The molecule has 1 heterocycles. The molecule has 2 amide bonds. The summed E-state index contributed by atoms with van der Waals surface area (Å²) in [6.45, 7) is 3.05. The van der Waals surface area contributed by atoms with E-state index in [9.17, 15) is 9.59 Å². The number of nitrogens with zero attached hydrogens (tertiary/aromatic N) is 1. The zero-order valence-electron chi connectivity index (χ0n) is 18.8. The van der Waals surface area contributed by atoms with Crippen molar-refractivity contribution >= 4 is 23.2 Å². The zero-order chi connectivity index (χ0) is 23.0. The second-order valence-electron chi connectivity index (χ2n) is 8.07. The first-order valence-corrected chi connectivity index (χ1v) is 11.2. The fraction of sp³-hybridized carbons (Fsp3) is 0.259. The van der Waals surface area contributed by atoms with Crippen molar-refractivity contribution in [2.75, 3.05) is 30.0 Å². The summed E-state index contributed by atoms with van der Waals surface area (Å²) in [5.41, 5.74) is 3.62. The van der Waals surface area contributed by atoms with Gasteiger partial charge in [-0.25, -0.2) is 0 Å². The van der Waals surface area contributed by atoms with Crippen LogP contribution in [0.4, 0.5) is 11.4 Å². The molecule has 6 nitrogen and oxygen atoms in total. The van der Waals surface area contributed by atoms with Gasteiger partial charge in [-0.15, -0.1) is 0 Å². The van der Waals surface area contributed by atoms with E-state index in [1.165, 1.54) is 5.56 Å². The van der Waals surface area contributed by atoms with E-state index in [1.54, 1.807) is 23.1 Å². The summed E-state index contributed by atoms with van der Waals surface area (Å²) in [4.78, 5) is 26.7. The van der Waals surface area contributed by atoms with Gasteiger partial charge in [0.25, 0.3) is 5.91 Å². The monoisotopic (exact) mass is 444 g/mol. The normalized spacial score (nSPS) is 12.6. The van der Waals surface area contributed by atoms with Crippen LogP contribution in [0.5, 0.6) is 11.5 Å². The Labute approximate surface area is 194 Å². The lowest BCUT2D eigenvalue weighted by Gasteiger charge is -2.30. The van der Waals surface area contributed by atoms with Gasteiger partial charge in [-0.3, -0.25) is 9.59 Å². The van der Waals surface area contributed by atoms with Gasteiger partial charge >= 0.3 is 0 Å². The van der Waals surface area contributed by atoms with Gasteiger partial charge in [0.05, 0.1) is 12.3 Å². The van der Waals surface area contributed by atoms with Gasteiger partial charge in [0, 0.05) is 18.7 Å². The van der Waals surface area contributed by atoms with Crippen molar-refractivity contribution in [2.24, 2.45) is 0 Å². The molecule has 1 N–H and O–H groups in total. The van der Waals surface area contributed by atoms with E-state index in [1.807, 2.05) is 61.5 Å². The number of ether oxygens (including phenoxy) is 2. The van der Waals surface area contributed by atoms with Crippen LogP contribution in [0.25, 0.3) is 0 Å². The summed E-state index contributed by atoms with van der Waals surface area (Å²) < 4.78 is 11.4. The average molecular weight is 445 g/mol. The molecule has 33 heavy (non-hydrogen) atoms. The Morgan fingerprint density at radius 3 is 2.64 bits per heavy atom. The van der Waals surface area contributed by atoms with Crippen LogP contribution in [0.1, 0.15) is 24.0 Å². The van der Waals surface area contributed by atoms with E-state index in [0.717, 1.165) is 11.3 Å². The molecule has 0 atom stereocenters. The second kappa shape index (κ2) is 10.7. The lowest BCUT2D eigenvalue weighted by atomic mass is 10.1. The van der Waals surface area contributed by atoms with Crippen LogP contribution < -0.4 is 19.7 Å². The van der Waals surface area contributed by atoms with Crippen molar-refractivity contribution in [3.05, 3.63) is 83.9 Å². The van der Waals surface area contributed by atoms with Crippen LogP contribution in [0.2, 0.25) is 0 Å². The standard InChI is InChI=1S/C27H28N2O4/c1-20-8-12-23(13-9-20)32-17-5-16-29-24-18-22(11-14-25(24)33-19-27(29)31)28-26(30)15-10-21-6-3-2-4-7-21/h2-4,6-9,11-14,18H,5,10,15-17,19H2,1H3,(H,28,30). The number of benzene rings is 3. The number of aryl methyl sites for hydroxylation is 2. The minimum absolute atomic E-state index is 0.00853. The highest BCUT2D eigenvalue weighted by atomic mass is 16.5. The highest BCUT2D eigenvalue weighted by molar-refractivity contribution is 5.99. The van der Waals surface area contributed by atoms with Crippen molar-refractivity contribution in [1.29, 1.82) is 0 Å². The first kappa shape index (κ1) is 22.4. The number of rotatable bonds is 9. The van der Waals surface area contributed by atoms with Gasteiger partial charge in [-0.05, 0) is 55.7 Å². The predicted octanol–water partition coefficient (Wildman–Crippen LogP) is 4.76. The second-order valence-corrected chi connectivity index (χ2v) is 8.07. The van der Waals surface area contributed by atoms with E-state index in [0.29, 0.717) is 49.5 Å². The maximum absolute atomic E-state index is 12.5. The molecule has 1 aliphatic heterocycles. The van der Waals surface area contributed by atoms with Crippen LogP contribution in [-0.4, -0.2) is 31.6 Å². The first-order valence-electron chi connectivity index (χ1n) is 11.2. The Morgan fingerprint density at radius 2 is 1.85 bits per heavy atom. The third kappa shape index (κ3) is 6.13. The van der Waals surface area contributed by atoms with Crippen LogP contribution in [-0.2, 0) is 16.0 Å². The summed E-state index contributed by atoms with van der Waals surface area (Å²) in [6.07, 6.45) is 1.73. The highest BCUT2D eigenvalue weighted by Gasteiger charge is 2.25. The topological polar surface area (TPSA) is 67.9 Å². The minimum atomic E-state index is -0.106. The molecule has 0 saturated carbocycles. The molecule has 0 saturated heterocycles. The maximum Gasteiger partial charge on any atom is 0.265 e. The molecule has 170 valence electrons. The number of amides is 2. The van der Waals surface area contributed by atoms with Crippen molar-refractivity contribution < 1.29 is 19.1 Å². The third-order valence-electron chi connectivity index (χ3n) is 5.49. The largest absolute Gasteiger partial charge is 0.494 e. The highest BCUT2D eigenvalue weighted by Crippen LogP contribution is 2.34. The van der Waals surface area contributed by atoms with Gasteiger partial charge in [-0.1, -0.05) is 48.0 Å². The summed E-state index contributed by atoms with van der Waals surface area (Å²) in [6, 6.07) is 23.2. The maximum atomic E-state index is 12.5. The Kier molecular flexibility index (Phi) is 7.25. The van der Waals surface area contributed by atoms with E-state index in [4.69, 9.17) is 9.47 Å². The Bertz CT molecular complexity index is 1100. The minimum Gasteiger partial charge on any atom is -0.494 e. The Balaban J connectivity index is 1.34. The molecule has 0 radical (unpaired) electrons. The molecule has 0 spiro atoms. The molecule has 0 aromatic heterocycles. The molecule has 0 aliphatic carbocycles. The predicted molar refractivity (Wildman–Crippen MR) is 129 cm³/mol. The molecule has 0 unspecified atom stereocenters. The number of nitrogens with one attached hydrogen (secondary N) is 1. The van der Waals surface area contributed by atoms with Gasteiger partial charge in [0.1, 0.15) is 11.5 Å². The van der Waals surface area contributed by atoms with Crippen LogP contribution in [0.15, 0.2) is 72.8 Å². The van der Waals surface area contributed by atoms with Crippen molar-refractivity contribution in [3.63, 3.8) is 0 Å². The zero-order valence-corrected chi connectivity index (χ0v) is 18.8. The lowest BCUT2D eigenvalue weighted by molar-refractivity contribution is -0.121. The molecule has 0 bridgehead atoms. The van der Waals surface area contributed by atoms with E-state index in [-0.39, 0.29) is 18.4 Å². The van der Waals surface area contributed by atoms with Gasteiger partial charge in [-0.2, -0.15) is 0 Å². The number of fused-ring (bicyclic) bond motifs is 1. The number of hydrogen-bond acceptors (Lipinski definition) is 4. The van der Waals surface area contributed by atoms with E-state index in [2.05, 4.69) is 5.32 Å². The van der Waals surface area contributed by atoms with Crippen molar-refractivity contribution in [2.45, 2.75) is 26.2 Å². The van der Waals surface area contributed by atoms with Crippen molar-refractivity contribution in [1.82, 2.24) is 0 Å².